The first-order chi connectivity index (χ1) is 8.43. The normalized spacial score (nSPS) is 12.2. The lowest BCUT2D eigenvalue weighted by molar-refractivity contribution is 0.409. The van der Waals surface area contributed by atoms with E-state index in [1.807, 2.05) is 6.92 Å². The predicted molar refractivity (Wildman–Crippen MR) is 67.4 cm³/mol. The molecule has 7 nitrogen and oxygen atoms in total. The molecule has 1 aromatic rings. The van der Waals surface area contributed by atoms with E-state index in [0.717, 1.165) is 6.42 Å². The van der Waals surface area contributed by atoms with E-state index >= 15 is 0 Å². The van der Waals surface area contributed by atoms with E-state index < -0.39 is 10.0 Å². The summed E-state index contributed by atoms with van der Waals surface area (Å²) >= 11 is 0. The number of sulfonamides is 1. The standard InChI is InChI=1S/C10H20N4O3S/c1-4-14(18(3,15)16)7-5-6-11-8-10-13-12-9(2)17-10/h11H,4-8H2,1-3H3. The molecule has 1 rings (SSSR count). The van der Waals surface area contributed by atoms with E-state index in [-0.39, 0.29) is 0 Å². The highest BCUT2D eigenvalue weighted by atomic mass is 32.2. The maximum absolute atomic E-state index is 11.3. The van der Waals surface area contributed by atoms with Crippen LogP contribution in [0, 0.1) is 6.92 Å². The quantitative estimate of drug-likeness (QED) is 0.679. The van der Waals surface area contributed by atoms with Crippen molar-refractivity contribution in [1.29, 1.82) is 0 Å². The summed E-state index contributed by atoms with van der Waals surface area (Å²) in [6.45, 7) is 5.80. The van der Waals surface area contributed by atoms with Crippen molar-refractivity contribution >= 4 is 10.0 Å². The minimum Gasteiger partial charge on any atom is -0.424 e. The molecule has 0 atom stereocenters. The molecule has 0 amide bonds. The molecule has 0 bridgehead atoms. The molecule has 0 fully saturated rings. The molecule has 1 aromatic heterocycles. The van der Waals surface area contributed by atoms with Gasteiger partial charge in [0.1, 0.15) is 0 Å². The van der Waals surface area contributed by atoms with Gasteiger partial charge in [-0.25, -0.2) is 12.7 Å². The number of aryl methyl sites for hydroxylation is 1. The molecule has 1 N–H and O–H groups in total. The zero-order valence-electron chi connectivity index (χ0n) is 11.0. The van der Waals surface area contributed by atoms with Crippen molar-refractivity contribution in [3.63, 3.8) is 0 Å². The molecule has 104 valence electrons. The largest absolute Gasteiger partial charge is 0.424 e. The summed E-state index contributed by atoms with van der Waals surface area (Å²) in [6, 6.07) is 0. The van der Waals surface area contributed by atoms with Crippen molar-refractivity contribution in [1.82, 2.24) is 19.8 Å². The Bertz CT molecular complexity index is 457. The lowest BCUT2D eigenvalue weighted by Crippen LogP contribution is -2.32. The van der Waals surface area contributed by atoms with E-state index in [1.54, 1.807) is 6.92 Å². The topological polar surface area (TPSA) is 88.3 Å². The van der Waals surface area contributed by atoms with Gasteiger partial charge in [0.25, 0.3) is 0 Å². The number of hydrogen-bond acceptors (Lipinski definition) is 6. The van der Waals surface area contributed by atoms with E-state index in [9.17, 15) is 8.42 Å². The number of nitrogens with one attached hydrogen (secondary N) is 1. The van der Waals surface area contributed by atoms with Gasteiger partial charge in [0.05, 0.1) is 12.8 Å². The van der Waals surface area contributed by atoms with E-state index in [0.29, 0.717) is 38.0 Å². The second kappa shape index (κ2) is 6.81. The van der Waals surface area contributed by atoms with Gasteiger partial charge in [0.2, 0.25) is 21.8 Å². The second-order valence-corrected chi connectivity index (χ2v) is 5.98. The van der Waals surface area contributed by atoms with Crippen LogP contribution in [0.4, 0.5) is 0 Å². The van der Waals surface area contributed by atoms with Crippen LogP contribution >= 0.6 is 0 Å². The van der Waals surface area contributed by atoms with Crippen molar-refractivity contribution in [2.45, 2.75) is 26.8 Å². The van der Waals surface area contributed by atoms with Crippen LogP contribution in [0.25, 0.3) is 0 Å². The monoisotopic (exact) mass is 276 g/mol. The Morgan fingerprint density at radius 1 is 1.39 bits per heavy atom. The van der Waals surface area contributed by atoms with Crippen LogP contribution in [-0.2, 0) is 16.6 Å². The molecule has 0 aliphatic heterocycles. The highest BCUT2D eigenvalue weighted by Gasteiger charge is 2.13. The van der Waals surface area contributed by atoms with Crippen LogP contribution in [0.3, 0.4) is 0 Å². The summed E-state index contributed by atoms with van der Waals surface area (Å²) in [5, 5.41) is 10.7. The summed E-state index contributed by atoms with van der Waals surface area (Å²) in [7, 11) is -3.09. The Labute approximate surface area is 108 Å². The summed E-state index contributed by atoms with van der Waals surface area (Å²) in [4.78, 5) is 0. The highest BCUT2D eigenvalue weighted by Crippen LogP contribution is 1.99. The Balaban J connectivity index is 2.19. The summed E-state index contributed by atoms with van der Waals surface area (Å²) in [5.74, 6) is 1.09. The molecule has 8 heteroatoms. The molecule has 0 aliphatic carbocycles. The van der Waals surface area contributed by atoms with Crippen LogP contribution in [0.1, 0.15) is 25.1 Å². The van der Waals surface area contributed by atoms with Crippen LogP contribution in [0.5, 0.6) is 0 Å². The zero-order chi connectivity index (χ0) is 13.6. The van der Waals surface area contributed by atoms with Crippen molar-refractivity contribution in [2.75, 3.05) is 25.9 Å². The van der Waals surface area contributed by atoms with E-state index in [1.165, 1.54) is 10.6 Å². The summed E-state index contributed by atoms with van der Waals surface area (Å²) in [5.41, 5.74) is 0. The van der Waals surface area contributed by atoms with Gasteiger partial charge in [0, 0.05) is 20.0 Å². The van der Waals surface area contributed by atoms with Gasteiger partial charge in [-0.3, -0.25) is 0 Å². The first-order valence-corrected chi connectivity index (χ1v) is 7.73. The Morgan fingerprint density at radius 2 is 2.11 bits per heavy atom. The average Bonchev–Trinajstić information content (AvgIpc) is 2.67. The highest BCUT2D eigenvalue weighted by molar-refractivity contribution is 7.88. The third-order valence-corrected chi connectivity index (χ3v) is 3.81. The zero-order valence-corrected chi connectivity index (χ0v) is 11.8. The minimum atomic E-state index is -3.09. The number of hydrogen-bond donors (Lipinski definition) is 1. The smallest absolute Gasteiger partial charge is 0.230 e. The van der Waals surface area contributed by atoms with Crippen LogP contribution < -0.4 is 5.32 Å². The van der Waals surface area contributed by atoms with Crippen molar-refractivity contribution < 1.29 is 12.8 Å². The molecular weight excluding hydrogens is 256 g/mol. The Morgan fingerprint density at radius 3 is 2.61 bits per heavy atom. The third kappa shape index (κ3) is 5.11. The lowest BCUT2D eigenvalue weighted by Gasteiger charge is -2.17. The average molecular weight is 276 g/mol. The van der Waals surface area contributed by atoms with Crippen molar-refractivity contribution in [3.05, 3.63) is 11.8 Å². The molecule has 0 spiro atoms. The molecule has 0 saturated carbocycles. The molecule has 0 aromatic carbocycles. The molecule has 0 saturated heterocycles. The fourth-order valence-corrected chi connectivity index (χ4v) is 2.47. The van der Waals surface area contributed by atoms with Gasteiger partial charge < -0.3 is 9.73 Å². The van der Waals surface area contributed by atoms with E-state index in [4.69, 9.17) is 4.42 Å². The SMILES string of the molecule is CCN(CCCNCc1nnc(C)o1)S(C)(=O)=O. The molecular formula is C10H20N4O3S. The molecule has 1 heterocycles. The van der Waals surface area contributed by atoms with Gasteiger partial charge in [-0.2, -0.15) is 0 Å². The molecule has 0 aliphatic rings. The summed E-state index contributed by atoms with van der Waals surface area (Å²) < 4.78 is 29.3. The molecule has 0 radical (unpaired) electrons. The van der Waals surface area contributed by atoms with Gasteiger partial charge in [-0.1, -0.05) is 6.92 Å². The van der Waals surface area contributed by atoms with Crippen LogP contribution in [0.15, 0.2) is 4.42 Å². The number of aromatic nitrogens is 2. The van der Waals surface area contributed by atoms with Gasteiger partial charge in [-0.05, 0) is 13.0 Å². The van der Waals surface area contributed by atoms with Crippen molar-refractivity contribution in [3.8, 4) is 0 Å². The van der Waals surface area contributed by atoms with Gasteiger partial charge in [0.15, 0.2) is 0 Å². The summed E-state index contributed by atoms with van der Waals surface area (Å²) in [6.07, 6.45) is 1.97. The number of nitrogens with zero attached hydrogens (tertiary/aromatic N) is 3. The van der Waals surface area contributed by atoms with Gasteiger partial charge >= 0.3 is 0 Å². The molecule has 18 heavy (non-hydrogen) atoms. The second-order valence-electron chi connectivity index (χ2n) is 4.00. The first-order valence-electron chi connectivity index (χ1n) is 5.88. The Hall–Kier alpha value is -0.990. The fourth-order valence-electron chi connectivity index (χ4n) is 1.54. The third-order valence-electron chi connectivity index (χ3n) is 2.43. The Kier molecular flexibility index (Phi) is 5.70. The van der Waals surface area contributed by atoms with Crippen molar-refractivity contribution in [2.24, 2.45) is 0 Å². The van der Waals surface area contributed by atoms with Crippen LogP contribution in [-0.4, -0.2) is 48.8 Å². The maximum atomic E-state index is 11.3. The number of rotatable bonds is 8. The molecule has 0 unspecified atom stereocenters. The fraction of sp³-hybridized carbons (Fsp3) is 0.800. The van der Waals surface area contributed by atoms with E-state index in [2.05, 4.69) is 15.5 Å². The van der Waals surface area contributed by atoms with Gasteiger partial charge in [-0.15, -0.1) is 10.2 Å². The van der Waals surface area contributed by atoms with Crippen LogP contribution in [0.2, 0.25) is 0 Å². The predicted octanol–water partition coefficient (Wildman–Crippen LogP) is 0.139. The minimum absolute atomic E-state index is 0.502. The lowest BCUT2D eigenvalue weighted by atomic mass is 10.4. The first kappa shape index (κ1) is 15.1. The maximum Gasteiger partial charge on any atom is 0.230 e.